The molecule has 0 aliphatic carbocycles. The standard InChI is InChI=1S/C26H22N2O/c1-15-12-13-22-23(16(15)2)17(3)26(27-22)14-29-25-21-11-7-5-9-19(21)18-8-4-6-10-20(18)24(25)28-26/h4-13,28H,14H2,1-3H3. The van der Waals surface area contributed by atoms with Crippen LogP contribution in [0.4, 0.5) is 5.69 Å². The van der Waals surface area contributed by atoms with Crippen LogP contribution in [0.25, 0.3) is 27.1 Å². The molecule has 2 aliphatic rings. The second kappa shape index (κ2) is 5.60. The van der Waals surface area contributed by atoms with Crippen LogP contribution in [0.3, 0.4) is 0 Å². The first-order chi connectivity index (χ1) is 14.1. The molecule has 2 aliphatic heterocycles. The number of nitrogens with zero attached hydrogens (tertiary/aromatic N) is 1. The molecule has 2 heterocycles. The van der Waals surface area contributed by atoms with Crippen molar-refractivity contribution in [2.75, 3.05) is 11.9 Å². The van der Waals surface area contributed by atoms with Gasteiger partial charge in [0.1, 0.15) is 6.61 Å². The minimum atomic E-state index is -0.556. The number of fused-ring (bicyclic) bond motifs is 7. The van der Waals surface area contributed by atoms with Crippen LogP contribution in [0, 0.1) is 13.8 Å². The Morgan fingerprint density at radius 3 is 2.24 bits per heavy atom. The molecule has 1 unspecified atom stereocenters. The van der Waals surface area contributed by atoms with Gasteiger partial charge in [-0.05, 0) is 54.3 Å². The number of nitrogens with one attached hydrogen (secondary N) is 1. The molecule has 142 valence electrons. The van der Waals surface area contributed by atoms with Crippen molar-refractivity contribution < 1.29 is 4.74 Å². The molecule has 0 saturated carbocycles. The highest BCUT2D eigenvalue weighted by Crippen LogP contribution is 2.47. The van der Waals surface area contributed by atoms with E-state index in [1.807, 2.05) is 0 Å². The Hall–Kier alpha value is -3.33. The smallest absolute Gasteiger partial charge is 0.187 e. The van der Waals surface area contributed by atoms with Gasteiger partial charge in [-0.15, -0.1) is 0 Å². The first kappa shape index (κ1) is 16.6. The number of hydrogen-bond donors (Lipinski definition) is 1. The SMILES string of the molecule is CC1=c2c(C)c(C)ccc2=NC12COc1c(c3ccccc3c3ccccc13)N2. The predicted molar refractivity (Wildman–Crippen MR) is 119 cm³/mol. The third-order valence-corrected chi connectivity index (χ3v) is 6.66. The molecule has 1 spiro atoms. The minimum Gasteiger partial charge on any atom is -0.486 e. The molecule has 0 fully saturated rings. The van der Waals surface area contributed by atoms with Crippen molar-refractivity contribution in [1.29, 1.82) is 0 Å². The van der Waals surface area contributed by atoms with E-state index in [-0.39, 0.29) is 0 Å². The van der Waals surface area contributed by atoms with E-state index in [1.165, 1.54) is 38.1 Å². The maximum Gasteiger partial charge on any atom is 0.187 e. The molecule has 0 bridgehead atoms. The van der Waals surface area contributed by atoms with Crippen LogP contribution in [0.2, 0.25) is 0 Å². The Morgan fingerprint density at radius 2 is 1.48 bits per heavy atom. The fraction of sp³-hybridized carbons (Fsp3) is 0.192. The molecule has 4 aromatic rings. The van der Waals surface area contributed by atoms with Gasteiger partial charge >= 0.3 is 0 Å². The van der Waals surface area contributed by atoms with Gasteiger partial charge in [-0.25, -0.2) is 4.99 Å². The molecule has 29 heavy (non-hydrogen) atoms. The second-order valence-electron chi connectivity index (χ2n) is 8.21. The van der Waals surface area contributed by atoms with Crippen LogP contribution < -0.4 is 20.6 Å². The third kappa shape index (κ3) is 2.10. The van der Waals surface area contributed by atoms with Gasteiger partial charge in [0.15, 0.2) is 11.4 Å². The van der Waals surface area contributed by atoms with E-state index in [0.717, 1.165) is 22.2 Å². The fourth-order valence-electron chi connectivity index (χ4n) is 4.93. The van der Waals surface area contributed by atoms with Gasteiger partial charge in [0.05, 0.1) is 11.0 Å². The average molecular weight is 378 g/mol. The average Bonchev–Trinajstić information content (AvgIpc) is 3.02. The molecule has 1 atom stereocenters. The molecule has 1 N–H and O–H groups in total. The van der Waals surface area contributed by atoms with Crippen LogP contribution in [-0.2, 0) is 0 Å². The summed E-state index contributed by atoms with van der Waals surface area (Å²) in [6.45, 7) is 7.02. The lowest BCUT2D eigenvalue weighted by molar-refractivity contribution is 0.260. The normalized spacial score (nSPS) is 19.6. The molecule has 3 heteroatoms. The molecule has 6 rings (SSSR count). The van der Waals surface area contributed by atoms with Crippen molar-refractivity contribution in [2.24, 2.45) is 4.99 Å². The summed E-state index contributed by atoms with van der Waals surface area (Å²) >= 11 is 0. The van der Waals surface area contributed by atoms with E-state index in [1.54, 1.807) is 0 Å². The quantitative estimate of drug-likeness (QED) is 0.453. The van der Waals surface area contributed by atoms with Gasteiger partial charge in [-0.1, -0.05) is 54.6 Å². The fourth-order valence-corrected chi connectivity index (χ4v) is 4.93. The topological polar surface area (TPSA) is 33.6 Å². The summed E-state index contributed by atoms with van der Waals surface area (Å²) in [5.41, 5.74) is 4.31. The largest absolute Gasteiger partial charge is 0.486 e. The number of benzene rings is 4. The maximum absolute atomic E-state index is 6.48. The zero-order valence-electron chi connectivity index (χ0n) is 16.8. The van der Waals surface area contributed by atoms with E-state index in [4.69, 9.17) is 9.73 Å². The number of anilines is 1. The number of rotatable bonds is 0. The monoisotopic (exact) mass is 378 g/mol. The highest BCUT2D eigenvalue weighted by Gasteiger charge is 2.41. The molecule has 4 aromatic carbocycles. The Morgan fingerprint density at radius 1 is 0.828 bits per heavy atom. The summed E-state index contributed by atoms with van der Waals surface area (Å²) in [5.74, 6) is 0.928. The van der Waals surface area contributed by atoms with Crippen molar-refractivity contribution in [3.05, 3.63) is 82.4 Å². The lowest BCUT2D eigenvalue weighted by Gasteiger charge is -2.37. The van der Waals surface area contributed by atoms with Crippen LogP contribution in [0.1, 0.15) is 18.1 Å². The van der Waals surface area contributed by atoms with E-state index in [9.17, 15) is 0 Å². The summed E-state index contributed by atoms with van der Waals surface area (Å²) < 4.78 is 6.48. The van der Waals surface area contributed by atoms with E-state index in [2.05, 4.69) is 86.8 Å². The first-order valence-electron chi connectivity index (χ1n) is 10.1. The molecule has 0 saturated heterocycles. The zero-order chi connectivity index (χ0) is 19.8. The Balaban J connectivity index is 1.66. The number of ether oxygens (including phenoxy) is 1. The van der Waals surface area contributed by atoms with Gasteiger partial charge in [-0.2, -0.15) is 0 Å². The summed E-state index contributed by atoms with van der Waals surface area (Å²) in [7, 11) is 0. The van der Waals surface area contributed by atoms with Crippen molar-refractivity contribution >= 4 is 32.8 Å². The zero-order valence-corrected chi connectivity index (χ0v) is 16.8. The van der Waals surface area contributed by atoms with Gasteiger partial charge in [0, 0.05) is 16.0 Å². The third-order valence-electron chi connectivity index (χ3n) is 6.66. The van der Waals surface area contributed by atoms with Crippen molar-refractivity contribution in [3.8, 4) is 5.75 Å². The van der Waals surface area contributed by atoms with E-state index >= 15 is 0 Å². The molecule has 3 nitrogen and oxygen atoms in total. The highest BCUT2D eigenvalue weighted by atomic mass is 16.5. The predicted octanol–water partition coefficient (Wildman–Crippen LogP) is 4.61. The molecular weight excluding hydrogens is 356 g/mol. The first-order valence-corrected chi connectivity index (χ1v) is 10.1. The summed E-state index contributed by atoms with van der Waals surface area (Å²) in [6.07, 6.45) is 0. The molecule has 0 radical (unpaired) electrons. The lowest BCUT2D eigenvalue weighted by Crippen LogP contribution is -2.45. The number of aryl methyl sites for hydroxylation is 1. The van der Waals surface area contributed by atoms with Crippen LogP contribution in [0.15, 0.2) is 65.7 Å². The highest BCUT2D eigenvalue weighted by molar-refractivity contribution is 6.17. The van der Waals surface area contributed by atoms with Gasteiger partial charge < -0.3 is 10.1 Å². The minimum absolute atomic E-state index is 0.487. The van der Waals surface area contributed by atoms with Crippen LogP contribution in [0.5, 0.6) is 5.75 Å². The summed E-state index contributed by atoms with van der Waals surface area (Å²) in [4.78, 5) is 5.14. The Kier molecular flexibility index (Phi) is 3.21. The Bertz CT molecular complexity index is 1470. The molecule has 0 amide bonds. The van der Waals surface area contributed by atoms with Crippen molar-refractivity contribution in [1.82, 2.24) is 0 Å². The molecular formula is C26H22N2O. The van der Waals surface area contributed by atoms with Gasteiger partial charge in [-0.3, -0.25) is 0 Å². The maximum atomic E-state index is 6.48. The van der Waals surface area contributed by atoms with E-state index in [0.29, 0.717) is 6.61 Å². The number of hydrogen-bond acceptors (Lipinski definition) is 3. The second-order valence-corrected chi connectivity index (χ2v) is 8.21. The summed E-state index contributed by atoms with van der Waals surface area (Å²) in [5, 5.41) is 10.9. The Labute approximate surface area is 169 Å². The van der Waals surface area contributed by atoms with Crippen LogP contribution in [-0.4, -0.2) is 12.3 Å². The van der Waals surface area contributed by atoms with E-state index < -0.39 is 5.66 Å². The van der Waals surface area contributed by atoms with Gasteiger partial charge in [0.25, 0.3) is 0 Å². The van der Waals surface area contributed by atoms with Crippen molar-refractivity contribution in [2.45, 2.75) is 26.4 Å². The lowest BCUT2D eigenvalue weighted by atomic mass is 9.94. The van der Waals surface area contributed by atoms with Gasteiger partial charge in [0.2, 0.25) is 0 Å². The summed E-state index contributed by atoms with van der Waals surface area (Å²) in [6, 6.07) is 21.3. The molecule has 0 aromatic heterocycles. The van der Waals surface area contributed by atoms with Crippen LogP contribution >= 0.6 is 0 Å². The van der Waals surface area contributed by atoms with Crippen molar-refractivity contribution in [3.63, 3.8) is 0 Å².